The summed E-state index contributed by atoms with van der Waals surface area (Å²) < 4.78 is 65.3. The number of hydrogen-bond donors (Lipinski definition) is 2. The summed E-state index contributed by atoms with van der Waals surface area (Å²) in [6.45, 7) is 8.06. The number of piperidine rings is 1. The summed E-state index contributed by atoms with van der Waals surface area (Å²) in [6, 6.07) is 16.0. The molecule has 1 fully saturated rings. The molecule has 5 rings (SSSR count). The van der Waals surface area contributed by atoms with Crippen molar-refractivity contribution < 1.29 is 46.2 Å². The Morgan fingerprint density at radius 1 is 0.891 bits per heavy atom. The second-order valence-corrected chi connectivity index (χ2v) is 13.8. The molecule has 298 valence electrons. The predicted octanol–water partition coefficient (Wildman–Crippen LogP) is 6.22. The molecule has 0 aliphatic carbocycles. The molecule has 2 N–H and O–H groups in total. The highest BCUT2D eigenvalue weighted by atomic mass is 32.1. The van der Waals surface area contributed by atoms with Gasteiger partial charge in [-0.3, -0.25) is 4.79 Å². The molecule has 0 radical (unpaired) electrons. The van der Waals surface area contributed by atoms with Gasteiger partial charge in [0, 0.05) is 47.1 Å². The molecule has 2 aromatic carbocycles. The molecule has 4 aromatic rings. The van der Waals surface area contributed by atoms with Crippen LogP contribution in [0.15, 0.2) is 64.5 Å². The normalized spacial score (nSPS) is 14.5. The molecule has 3 heterocycles. The Bertz CT molecular complexity index is 1770. The van der Waals surface area contributed by atoms with Crippen LogP contribution < -0.4 is 10.6 Å². The van der Waals surface area contributed by atoms with E-state index in [2.05, 4.69) is 30.2 Å². The Labute approximate surface area is 321 Å². The molecule has 0 saturated carbocycles. The maximum absolute atomic E-state index is 13.5. The third-order valence-electron chi connectivity index (χ3n) is 9.02. The number of aromatic nitrogens is 3. The molecule has 0 spiro atoms. The van der Waals surface area contributed by atoms with E-state index in [0.717, 1.165) is 61.6 Å². The fourth-order valence-electron chi connectivity index (χ4n) is 5.86. The molecule has 17 heteroatoms. The second-order valence-electron chi connectivity index (χ2n) is 13.0. The maximum Gasteiger partial charge on any atom is 0.471 e. The number of nitrogens with one attached hydrogen (secondary N) is 2. The Morgan fingerprint density at radius 2 is 1.60 bits per heavy atom. The van der Waals surface area contributed by atoms with Crippen molar-refractivity contribution in [1.29, 1.82) is 0 Å². The summed E-state index contributed by atoms with van der Waals surface area (Å²) >= 11 is 1.57. The Morgan fingerprint density at radius 3 is 2.31 bits per heavy atom. The van der Waals surface area contributed by atoms with Gasteiger partial charge in [0.25, 0.3) is 5.91 Å². The fourth-order valence-corrected chi connectivity index (χ4v) is 6.95. The summed E-state index contributed by atoms with van der Waals surface area (Å²) in [5, 5.41) is 12.1. The van der Waals surface area contributed by atoms with Crippen LogP contribution in [0.25, 0.3) is 22.6 Å². The molecule has 55 heavy (non-hydrogen) atoms. The molecule has 2 amide bonds. The van der Waals surface area contributed by atoms with E-state index in [9.17, 15) is 22.8 Å². The number of carbonyl (C=O) groups excluding carboxylic acids is 2. The largest absolute Gasteiger partial charge is 0.471 e. The Hall–Kier alpha value is -4.42. The van der Waals surface area contributed by atoms with E-state index in [0.29, 0.717) is 59.3 Å². The van der Waals surface area contributed by atoms with Gasteiger partial charge < -0.3 is 39.0 Å². The van der Waals surface area contributed by atoms with E-state index in [4.69, 9.17) is 23.9 Å². The Kier molecular flexibility index (Phi) is 16.0. The number of nitrogens with zero attached hydrogens (tertiary/aromatic N) is 4. The number of amides is 2. The molecule has 1 saturated heterocycles. The number of alkyl halides is 3. The average molecular weight is 789 g/mol. The number of rotatable bonds is 21. The lowest BCUT2D eigenvalue weighted by molar-refractivity contribution is -0.159. The van der Waals surface area contributed by atoms with Crippen molar-refractivity contribution in [1.82, 2.24) is 30.7 Å². The van der Waals surface area contributed by atoms with Gasteiger partial charge in [-0.05, 0) is 44.5 Å². The third-order valence-corrected chi connectivity index (χ3v) is 10.1. The number of carbonyl (C=O) groups is 2. The molecule has 1 aliphatic rings. The van der Waals surface area contributed by atoms with Gasteiger partial charge in [-0.15, -0.1) is 11.3 Å². The van der Waals surface area contributed by atoms with E-state index in [1.807, 2.05) is 42.6 Å². The molecular formula is C38H47F3N6O7S. The van der Waals surface area contributed by atoms with Crippen LogP contribution in [0, 0.1) is 0 Å². The van der Waals surface area contributed by atoms with Gasteiger partial charge in [0.05, 0.1) is 51.9 Å². The highest BCUT2D eigenvalue weighted by Crippen LogP contribution is 2.39. The standard InChI is InChI=1S/C38H47F3N6O7S/c1-2-3-18-53-36(49)42-14-19-50-21-23-52-24-22-51-20-17-47-15-12-37(13-16-47,35-44-31(26-55-35)28-8-5-4-6-9-28)27-43-33(48)30-11-7-10-29(25-30)32-45-34(54-46-32)38(39,40)41/h4-11,25-26H,2-3,12-24,27H2,1H3,(H,42,49)(H,43,48). The number of likely N-dealkylation sites (tertiary alicyclic amines) is 1. The minimum atomic E-state index is -4.77. The van der Waals surface area contributed by atoms with Gasteiger partial charge in [-0.1, -0.05) is 61.0 Å². The zero-order valence-corrected chi connectivity index (χ0v) is 31.6. The van der Waals surface area contributed by atoms with Crippen LogP contribution in [0.4, 0.5) is 18.0 Å². The Balaban J connectivity index is 1.07. The van der Waals surface area contributed by atoms with Crippen LogP contribution in [-0.2, 0) is 30.5 Å². The molecular weight excluding hydrogens is 742 g/mol. The van der Waals surface area contributed by atoms with E-state index < -0.39 is 23.6 Å². The van der Waals surface area contributed by atoms with Crippen LogP contribution >= 0.6 is 11.3 Å². The van der Waals surface area contributed by atoms with Crippen LogP contribution in [0.1, 0.15) is 53.9 Å². The van der Waals surface area contributed by atoms with Crippen molar-refractivity contribution in [2.24, 2.45) is 0 Å². The van der Waals surface area contributed by atoms with E-state index in [1.165, 1.54) is 12.1 Å². The fraction of sp³-hybridized carbons (Fsp3) is 0.500. The highest BCUT2D eigenvalue weighted by Gasteiger charge is 2.40. The topological polar surface area (TPSA) is 150 Å². The summed E-state index contributed by atoms with van der Waals surface area (Å²) in [4.78, 5) is 35.8. The lowest BCUT2D eigenvalue weighted by Crippen LogP contribution is -2.49. The van der Waals surface area contributed by atoms with E-state index >= 15 is 0 Å². The summed E-state index contributed by atoms with van der Waals surface area (Å²) in [5.41, 5.74) is 1.94. The first kappa shape index (κ1) is 41.7. The molecule has 1 aliphatic heterocycles. The molecule has 2 aromatic heterocycles. The zero-order chi connectivity index (χ0) is 38.9. The predicted molar refractivity (Wildman–Crippen MR) is 199 cm³/mol. The molecule has 0 bridgehead atoms. The monoisotopic (exact) mass is 788 g/mol. The zero-order valence-electron chi connectivity index (χ0n) is 30.8. The highest BCUT2D eigenvalue weighted by molar-refractivity contribution is 7.10. The van der Waals surface area contributed by atoms with Crippen molar-refractivity contribution in [2.45, 2.75) is 44.2 Å². The number of thiazole rings is 1. The smallest absolute Gasteiger partial charge is 0.450 e. The quantitative estimate of drug-likeness (QED) is 0.0928. The van der Waals surface area contributed by atoms with Gasteiger partial charge in [0.15, 0.2) is 0 Å². The third kappa shape index (κ3) is 12.8. The van der Waals surface area contributed by atoms with E-state index in [-0.39, 0.29) is 22.9 Å². The van der Waals surface area contributed by atoms with Crippen molar-refractivity contribution in [2.75, 3.05) is 79.0 Å². The van der Waals surface area contributed by atoms with Crippen molar-refractivity contribution >= 4 is 23.3 Å². The maximum atomic E-state index is 13.5. The van der Waals surface area contributed by atoms with Crippen molar-refractivity contribution in [3.05, 3.63) is 76.4 Å². The number of benzene rings is 2. The first-order chi connectivity index (χ1) is 26.7. The number of halogens is 3. The summed E-state index contributed by atoms with van der Waals surface area (Å²) in [5.74, 6) is -2.08. The number of alkyl carbamates (subject to hydrolysis) is 1. The molecule has 13 nitrogen and oxygen atoms in total. The first-order valence-electron chi connectivity index (χ1n) is 18.3. The lowest BCUT2D eigenvalue weighted by atomic mass is 9.78. The number of ether oxygens (including phenoxy) is 4. The van der Waals surface area contributed by atoms with E-state index in [1.54, 1.807) is 23.5 Å². The van der Waals surface area contributed by atoms with Gasteiger partial charge in [-0.2, -0.15) is 18.2 Å². The van der Waals surface area contributed by atoms with Crippen molar-refractivity contribution in [3.8, 4) is 22.6 Å². The van der Waals surface area contributed by atoms with Crippen LogP contribution in [0.2, 0.25) is 0 Å². The summed E-state index contributed by atoms with van der Waals surface area (Å²) in [7, 11) is 0. The molecule has 0 atom stereocenters. The lowest BCUT2D eigenvalue weighted by Gasteiger charge is -2.40. The van der Waals surface area contributed by atoms with Gasteiger partial charge in [0.2, 0.25) is 5.82 Å². The van der Waals surface area contributed by atoms with Gasteiger partial charge >= 0.3 is 18.2 Å². The minimum Gasteiger partial charge on any atom is -0.450 e. The minimum absolute atomic E-state index is 0.230. The number of unbranched alkanes of at least 4 members (excludes halogenated alkanes) is 1. The average Bonchev–Trinajstić information content (AvgIpc) is 3.91. The number of hydrogen-bond acceptors (Lipinski definition) is 12. The van der Waals surface area contributed by atoms with Crippen molar-refractivity contribution in [3.63, 3.8) is 0 Å². The SMILES string of the molecule is CCCCOC(=O)NCCOCCOCCOCCN1CCC(CNC(=O)c2cccc(-c3noc(C(F)(F)F)n3)c2)(c2nc(-c3ccccc3)cs2)CC1. The van der Waals surface area contributed by atoms with Crippen LogP contribution in [-0.4, -0.2) is 111 Å². The van der Waals surface area contributed by atoms with Gasteiger partial charge in [0.1, 0.15) is 5.01 Å². The van der Waals surface area contributed by atoms with Gasteiger partial charge in [-0.25, -0.2) is 9.78 Å². The first-order valence-corrected chi connectivity index (χ1v) is 19.2. The summed E-state index contributed by atoms with van der Waals surface area (Å²) in [6.07, 6.45) is -1.90. The second kappa shape index (κ2) is 21.0. The van der Waals surface area contributed by atoms with Crippen LogP contribution in [0.3, 0.4) is 0 Å². The molecule has 0 unspecified atom stereocenters. The van der Waals surface area contributed by atoms with Crippen LogP contribution in [0.5, 0.6) is 0 Å².